The SMILES string of the molecule is COCC1(CN2CCC(C)(CCF)CC2)CC1. The van der Waals surface area contributed by atoms with Crippen molar-refractivity contribution >= 4 is 0 Å². The van der Waals surface area contributed by atoms with Crippen molar-refractivity contribution in [3.8, 4) is 0 Å². The smallest absolute Gasteiger partial charge is 0.0899 e. The average Bonchev–Trinajstić information content (AvgIpc) is 3.03. The Kier molecular flexibility index (Phi) is 4.09. The van der Waals surface area contributed by atoms with Crippen LogP contribution in [0.25, 0.3) is 0 Å². The number of hydrogen-bond donors (Lipinski definition) is 0. The summed E-state index contributed by atoms with van der Waals surface area (Å²) in [5.74, 6) is 0. The van der Waals surface area contributed by atoms with Crippen molar-refractivity contribution in [1.29, 1.82) is 0 Å². The van der Waals surface area contributed by atoms with Gasteiger partial charge in [0.25, 0.3) is 0 Å². The van der Waals surface area contributed by atoms with Crippen molar-refractivity contribution in [3.05, 3.63) is 0 Å². The summed E-state index contributed by atoms with van der Waals surface area (Å²) in [6, 6.07) is 0. The highest BCUT2D eigenvalue weighted by atomic mass is 19.1. The van der Waals surface area contributed by atoms with Gasteiger partial charge in [0.1, 0.15) is 0 Å². The zero-order valence-electron chi connectivity index (χ0n) is 11.3. The van der Waals surface area contributed by atoms with Gasteiger partial charge in [-0.15, -0.1) is 0 Å². The molecule has 0 aromatic carbocycles. The monoisotopic (exact) mass is 243 g/mol. The summed E-state index contributed by atoms with van der Waals surface area (Å²) >= 11 is 0. The number of likely N-dealkylation sites (tertiary alicyclic amines) is 1. The summed E-state index contributed by atoms with van der Waals surface area (Å²) in [6.45, 7) is 6.46. The van der Waals surface area contributed by atoms with Gasteiger partial charge >= 0.3 is 0 Å². The van der Waals surface area contributed by atoms with Gasteiger partial charge in [0.05, 0.1) is 13.3 Å². The zero-order valence-corrected chi connectivity index (χ0v) is 11.3. The fourth-order valence-corrected chi connectivity index (χ4v) is 3.03. The minimum atomic E-state index is -0.163. The van der Waals surface area contributed by atoms with Gasteiger partial charge in [-0.05, 0) is 50.6 Å². The third kappa shape index (κ3) is 3.41. The third-order valence-corrected chi connectivity index (χ3v) is 4.73. The fraction of sp³-hybridized carbons (Fsp3) is 1.00. The zero-order chi connectivity index (χ0) is 12.4. The first-order valence-electron chi connectivity index (χ1n) is 6.89. The van der Waals surface area contributed by atoms with E-state index in [0.717, 1.165) is 39.0 Å². The standard InChI is InChI=1S/C14H26FNO/c1-13(5-8-15)6-9-16(10-7-13)11-14(3-4-14)12-17-2/h3-12H2,1-2H3. The first-order chi connectivity index (χ1) is 8.11. The highest BCUT2D eigenvalue weighted by Crippen LogP contribution is 2.47. The molecule has 1 saturated heterocycles. The Bertz CT molecular complexity index is 245. The molecule has 2 nitrogen and oxygen atoms in total. The van der Waals surface area contributed by atoms with Gasteiger partial charge < -0.3 is 9.64 Å². The molecule has 1 aliphatic heterocycles. The molecule has 1 heterocycles. The molecule has 0 radical (unpaired) electrons. The van der Waals surface area contributed by atoms with Crippen LogP contribution in [0.5, 0.6) is 0 Å². The minimum absolute atomic E-state index is 0.163. The summed E-state index contributed by atoms with van der Waals surface area (Å²) in [5.41, 5.74) is 0.714. The van der Waals surface area contributed by atoms with Crippen molar-refractivity contribution < 1.29 is 9.13 Å². The average molecular weight is 243 g/mol. The number of hydrogen-bond acceptors (Lipinski definition) is 2. The van der Waals surface area contributed by atoms with E-state index in [9.17, 15) is 4.39 Å². The first kappa shape index (κ1) is 13.3. The van der Waals surface area contributed by atoms with Crippen LogP contribution in [0.1, 0.15) is 39.0 Å². The van der Waals surface area contributed by atoms with Gasteiger partial charge in [-0.1, -0.05) is 6.92 Å². The first-order valence-corrected chi connectivity index (χ1v) is 6.89. The van der Waals surface area contributed by atoms with Crippen molar-refractivity contribution in [1.82, 2.24) is 4.90 Å². The van der Waals surface area contributed by atoms with E-state index in [1.165, 1.54) is 19.4 Å². The van der Waals surface area contributed by atoms with Crippen LogP contribution in [0.2, 0.25) is 0 Å². The lowest BCUT2D eigenvalue weighted by molar-refractivity contribution is 0.0628. The van der Waals surface area contributed by atoms with E-state index in [-0.39, 0.29) is 12.1 Å². The van der Waals surface area contributed by atoms with Crippen molar-refractivity contribution in [2.45, 2.75) is 39.0 Å². The molecule has 0 atom stereocenters. The normalized spacial score (nSPS) is 27.0. The maximum absolute atomic E-state index is 12.5. The summed E-state index contributed by atoms with van der Waals surface area (Å²) in [5, 5.41) is 0. The van der Waals surface area contributed by atoms with E-state index in [4.69, 9.17) is 4.74 Å². The van der Waals surface area contributed by atoms with Gasteiger partial charge in [0.15, 0.2) is 0 Å². The van der Waals surface area contributed by atoms with Gasteiger partial charge in [-0.3, -0.25) is 4.39 Å². The molecule has 0 aromatic heterocycles. The molecule has 17 heavy (non-hydrogen) atoms. The topological polar surface area (TPSA) is 12.5 Å². The number of alkyl halides is 1. The lowest BCUT2D eigenvalue weighted by Gasteiger charge is -2.40. The summed E-state index contributed by atoms with van der Waals surface area (Å²) in [7, 11) is 1.80. The molecule has 2 rings (SSSR count). The second-order valence-corrected chi connectivity index (χ2v) is 6.46. The highest BCUT2D eigenvalue weighted by Gasteiger charge is 2.44. The molecular formula is C14H26FNO. The Balaban J connectivity index is 1.76. The maximum atomic E-state index is 12.5. The van der Waals surface area contributed by atoms with Crippen LogP contribution in [-0.2, 0) is 4.74 Å². The Hall–Kier alpha value is -0.150. The van der Waals surface area contributed by atoms with Crippen LogP contribution >= 0.6 is 0 Å². The molecule has 0 aromatic rings. The lowest BCUT2D eigenvalue weighted by Crippen LogP contribution is -2.42. The Labute approximate surface area is 105 Å². The Morgan fingerprint density at radius 1 is 1.18 bits per heavy atom. The molecule has 100 valence electrons. The number of methoxy groups -OCH3 is 1. The molecule has 0 bridgehead atoms. The largest absolute Gasteiger partial charge is 0.384 e. The van der Waals surface area contributed by atoms with E-state index >= 15 is 0 Å². The molecular weight excluding hydrogens is 217 g/mol. The number of rotatable bonds is 6. The molecule has 1 saturated carbocycles. The molecule has 3 heteroatoms. The summed E-state index contributed by atoms with van der Waals surface area (Å²) in [4.78, 5) is 2.56. The Morgan fingerprint density at radius 3 is 2.29 bits per heavy atom. The number of halogens is 1. The maximum Gasteiger partial charge on any atom is 0.0899 e. The fourth-order valence-electron chi connectivity index (χ4n) is 3.03. The number of piperidine rings is 1. The Morgan fingerprint density at radius 2 is 1.82 bits per heavy atom. The number of ether oxygens (including phenoxy) is 1. The highest BCUT2D eigenvalue weighted by molar-refractivity contribution is 4.96. The van der Waals surface area contributed by atoms with Crippen LogP contribution < -0.4 is 0 Å². The van der Waals surface area contributed by atoms with Gasteiger partial charge in [-0.2, -0.15) is 0 Å². The van der Waals surface area contributed by atoms with Crippen LogP contribution in [-0.4, -0.2) is 44.9 Å². The minimum Gasteiger partial charge on any atom is -0.384 e. The molecule has 0 amide bonds. The third-order valence-electron chi connectivity index (χ3n) is 4.73. The molecule has 2 fully saturated rings. The van der Waals surface area contributed by atoms with Crippen LogP contribution in [0.3, 0.4) is 0 Å². The molecule has 0 N–H and O–H groups in total. The van der Waals surface area contributed by atoms with Crippen LogP contribution in [0.15, 0.2) is 0 Å². The van der Waals surface area contributed by atoms with E-state index in [1.54, 1.807) is 7.11 Å². The summed E-state index contributed by atoms with van der Waals surface area (Å²) in [6.07, 6.45) is 5.68. The predicted molar refractivity (Wildman–Crippen MR) is 67.9 cm³/mol. The molecule has 0 unspecified atom stereocenters. The van der Waals surface area contributed by atoms with E-state index in [0.29, 0.717) is 5.41 Å². The van der Waals surface area contributed by atoms with Crippen LogP contribution in [0.4, 0.5) is 4.39 Å². The van der Waals surface area contributed by atoms with Crippen molar-refractivity contribution in [2.24, 2.45) is 10.8 Å². The second kappa shape index (κ2) is 5.23. The lowest BCUT2D eigenvalue weighted by atomic mass is 9.78. The summed E-state index contributed by atoms with van der Waals surface area (Å²) < 4.78 is 17.8. The molecule has 0 spiro atoms. The molecule has 2 aliphatic rings. The second-order valence-electron chi connectivity index (χ2n) is 6.46. The van der Waals surface area contributed by atoms with Gasteiger partial charge in [0.2, 0.25) is 0 Å². The predicted octanol–water partition coefficient (Wildman–Crippen LogP) is 2.87. The van der Waals surface area contributed by atoms with Crippen molar-refractivity contribution in [3.63, 3.8) is 0 Å². The van der Waals surface area contributed by atoms with Crippen LogP contribution in [0, 0.1) is 10.8 Å². The van der Waals surface area contributed by atoms with E-state index in [2.05, 4.69) is 11.8 Å². The number of nitrogens with zero attached hydrogens (tertiary/aromatic N) is 1. The van der Waals surface area contributed by atoms with Gasteiger partial charge in [-0.25, -0.2) is 0 Å². The van der Waals surface area contributed by atoms with E-state index < -0.39 is 0 Å². The van der Waals surface area contributed by atoms with E-state index in [1.807, 2.05) is 0 Å². The van der Waals surface area contributed by atoms with Crippen molar-refractivity contribution in [2.75, 3.05) is 40.0 Å². The molecule has 1 aliphatic carbocycles. The quantitative estimate of drug-likeness (QED) is 0.711. The van der Waals surface area contributed by atoms with Gasteiger partial charge in [0, 0.05) is 19.1 Å².